The highest BCUT2D eigenvalue weighted by atomic mass is 32.1. The van der Waals surface area contributed by atoms with E-state index in [1.54, 1.807) is 6.07 Å². The van der Waals surface area contributed by atoms with Gasteiger partial charge in [0.1, 0.15) is 16.5 Å². The largest absolute Gasteiger partial charge is 0.389 e. The summed E-state index contributed by atoms with van der Waals surface area (Å²) < 4.78 is 15.0. The van der Waals surface area contributed by atoms with Crippen LogP contribution in [-0.2, 0) is 0 Å². The number of hydrogen-bond acceptors (Lipinski definition) is 3. The number of benzene rings is 1. The highest BCUT2D eigenvalue weighted by Gasteiger charge is 2.10. The van der Waals surface area contributed by atoms with Crippen molar-refractivity contribution >= 4 is 23.1 Å². The van der Waals surface area contributed by atoms with Crippen LogP contribution < -0.4 is 11.5 Å². The summed E-state index contributed by atoms with van der Waals surface area (Å²) in [4.78, 5) is 11.0. The molecule has 0 bridgehead atoms. The van der Waals surface area contributed by atoms with E-state index in [0.29, 0.717) is 5.56 Å². The van der Waals surface area contributed by atoms with Gasteiger partial charge in [0.15, 0.2) is 0 Å². The van der Waals surface area contributed by atoms with Crippen LogP contribution in [0.15, 0.2) is 30.6 Å². The topological polar surface area (TPSA) is 86.9 Å². The molecule has 0 saturated carbocycles. The Kier molecular flexibility index (Phi) is 3.07. The lowest BCUT2D eigenvalue weighted by Gasteiger charge is -2.05. The molecular weight excluding hydrogens is 255 g/mol. The van der Waals surface area contributed by atoms with Gasteiger partial charge in [0, 0.05) is 11.8 Å². The first-order chi connectivity index (χ1) is 8.49. The Balaban J connectivity index is 2.44. The maximum Gasteiger partial charge on any atom is 0.251 e. The minimum atomic E-state index is -0.624. The average Bonchev–Trinajstić information content (AvgIpc) is 2.78. The Morgan fingerprint density at radius 2 is 2.06 bits per heavy atom. The molecule has 2 aromatic rings. The third-order valence-corrected chi connectivity index (χ3v) is 2.58. The van der Waals surface area contributed by atoms with Gasteiger partial charge >= 0.3 is 0 Å². The smallest absolute Gasteiger partial charge is 0.251 e. The summed E-state index contributed by atoms with van der Waals surface area (Å²) in [6.45, 7) is 0. The number of halogens is 1. The van der Waals surface area contributed by atoms with Crippen molar-refractivity contribution in [3.05, 3.63) is 47.5 Å². The number of nitrogens with zero attached hydrogens (tertiary/aromatic N) is 2. The monoisotopic (exact) mass is 264 g/mol. The van der Waals surface area contributed by atoms with Crippen molar-refractivity contribution < 1.29 is 9.18 Å². The Morgan fingerprint density at radius 3 is 2.56 bits per heavy atom. The van der Waals surface area contributed by atoms with Crippen molar-refractivity contribution in [2.24, 2.45) is 11.5 Å². The number of primary amides is 1. The lowest BCUT2D eigenvalue weighted by Crippen LogP contribution is -2.11. The minimum Gasteiger partial charge on any atom is -0.389 e. The third-order valence-electron chi connectivity index (χ3n) is 2.35. The van der Waals surface area contributed by atoms with Gasteiger partial charge in [-0.2, -0.15) is 5.10 Å². The van der Waals surface area contributed by atoms with E-state index >= 15 is 0 Å². The molecule has 5 nitrogen and oxygen atoms in total. The molecule has 2 rings (SSSR count). The van der Waals surface area contributed by atoms with E-state index in [1.165, 1.54) is 29.2 Å². The SMILES string of the molecule is NC(=O)c1cnn(-c2ccc(C(N)=S)cc2F)c1. The molecule has 0 atom stereocenters. The minimum absolute atomic E-state index is 0.110. The van der Waals surface area contributed by atoms with Gasteiger partial charge in [-0.05, 0) is 18.2 Å². The summed E-state index contributed by atoms with van der Waals surface area (Å²) in [5.74, 6) is -1.17. The number of aromatic nitrogens is 2. The number of carbonyl (C=O) groups excluding carboxylic acids is 1. The molecule has 0 saturated heterocycles. The number of rotatable bonds is 3. The molecule has 1 aromatic heterocycles. The molecule has 0 aliphatic rings. The first-order valence-electron chi connectivity index (χ1n) is 4.93. The molecule has 7 heteroatoms. The lowest BCUT2D eigenvalue weighted by molar-refractivity contribution is 0.100. The summed E-state index contributed by atoms with van der Waals surface area (Å²) in [5.41, 5.74) is 11.3. The maximum absolute atomic E-state index is 13.8. The molecule has 92 valence electrons. The van der Waals surface area contributed by atoms with E-state index in [1.807, 2.05) is 0 Å². The van der Waals surface area contributed by atoms with Gasteiger partial charge in [0.2, 0.25) is 0 Å². The first-order valence-corrected chi connectivity index (χ1v) is 5.34. The zero-order chi connectivity index (χ0) is 13.3. The Morgan fingerprint density at radius 1 is 1.33 bits per heavy atom. The number of carbonyl (C=O) groups is 1. The van der Waals surface area contributed by atoms with E-state index < -0.39 is 11.7 Å². The van der Waals surface area contributed by atoms with E-state index in [2.05, 4.69) is 5.10 Å². The molecular formula is C11H9FN4OS. The molecule has 18 heavy (non-hydrogen) atoms. The van der Waals surface area contributed by atoms with Crippen molar-refractivity contribution in [3.8, 4) is 5.69 Å². The van der Waals surface area contributed by atoms with Gasteiger partial charge in [0.25, 0.3) is 5.91 Å². The van der Waals surface area contributed by atoms with Crippen LogP contribution in [0.3, 0.4) is 0 Å². The zero-order valence-corrected chi connectivity index (χ0v) is 9.95. The van der Waals surface area contributed by atoms with Crippen molar-refractivity contribution in [1.29, 1.82) is 0 Å². The third kappa shape index (κ3) is 2.21. The van der Waals surface area contributed by atoms with Gasteiger partial charge in [0.05, 0.1) is 11.8 Å². The van der Waals surface area contributed by atoms with Crippen LogP contribution in [0.1, 0.15) is 15.9 Å². The average molecular weight is 264 g/mol. The van der Waals surface area contributed by atoms with Gasteiger partial charge in [-0.1, -0.05) is 12.2 Å². The number of thiocarbonyl (C=S) groups is 1. The van der Waals surface area contributed by atoms with Crippen LogP contribution >= 0.6 is 12.2 Å². The standard InChI is InChI=1S/C11H9FN4OS/c12-8-3-6(11(14)18)1-2-9(8)16-5-7(4-15-16)10(13)17/h1-5H,(H2,13,17)(H2,14,18). The molecule has 0 unspecified atom stereocenters. The summed E-state index contributed by atoms with van der Waals surface area (Å²) in [7, 11) is 0. The molecule has 0 aliphatic heterocycles. The van der Waals surface area contributed by atoms with Crippen LogP contribution in [0.5, 0.6) is 0 Å². The van der Waals surface area contributed by atoms with E-state index in [4.69, 9.17) is 23.7 Å². The highest BCUT2D eigenvalue weighted by molar-refractivity contribution is 7.80. The van der Waals surface area contributed by atoms with Gasteiger partial charge in [-0.25, -0.2) is 9.07 Å². The second kappa shape index (κ2) is 4.53. The molecule has 0 radical (unpaired) electrons. The predicted molar refractivity (Wildman–Crippen MR) is 67.9 cm³/mol. The van der Waals surface area contributed by atoms with E-state index in [0.717, 1.165) is 0 Å². The highest BCUT2D eigenvalue weighted by Crippen LogP contribution is 2.15. The fourth-order valence-electron chi connectivity index (χ4n) is 1.43. The van der Waals surface area contributed by atoms with Gasteiger partial charge in [-0.3, -0.25) is 4.79 Å². The normalized spacial score (nSPS) is 10.3. The molecule has 4 N–H and O–H groups in total. The quantitative estimate of drug-likeness (QED) is 0.801. The second-order valence-corrected chi connectivity index (χ2v) is 4.01. The molecule has 0 fully saturated rings. The molecule has 1 amide bonds. The van der Waals surface area contributed by atoms with Crippen LogP contribution in [0.4, 0.5) is 4.39 Å². The molecule has 0 aliphatic carbocycles. The molecule has 1 aromatic carbocycles. The van der Waals surface area contributed by atoms with E-state index in [-0.39, 0.29) is 16.2 Å². The van der Waals surface area contributed by atoms with Crippen molar-refractivity contribution in [2.75, 3.05) is 0 Å². The molecule has 0 spiro atoms. The summed E-state index contributed by atoms with van der Waals surface area (Å²) in [5, 5.41) is 3.85. The van der Waals surface area contributed by atoms with Crippen LogP contribution in [-0.4, -0.2) is 20.7 Å². The van der Waals surface area contributed by atoms with Crippen LogP contribution in [0.2, 0.25) is 0 Å². The zero-order valence-electron chi connectivity index (χ0n) is 9.13. The lowest BCUT2D eigenvalue weighted by atomic mass is 10.2. The van der Waals surface area contributed by atoms with Crippen LogP contribution in [0.25, 0.3) is 5.69 Å². The number of amides is 1. The first kappa shape index (κ1) is 12.2. The summed E-state index contributed by atoms with van der Waals surface area (Å²) >= 11 is 4.75. The fraction of sp³-hybridized carbons (Fsp3) is 0. The molecule has 1 heterocycles. The van der Waals surface area contributed by atoms with Crippen molar-refractivity contribution in [3.63, 3.8) is 0 Å². The maximum atomic E-state index is 13.8. The van der Waals surface area contributed by atoms with E-state index in [9.17, 15) is 9.18 Å². The Bertz CT molecular complexity index is 638. The van der Waals surface area contributed by atoms with Crippen molar-refractivity contribution in [1.82, 2.24) is 9.78 Å². The summed E-state index contributed by atoms with van der Waals surface area (Å²) in [6.07, 6.45) is 2.62. The summed E-state index contributed by atoms with van der Waals surface area (Å²) in [6, 6.07) is 4.26. The number of nitrogens with two attached hydrogens (primary N) is 2. The predicted octanol–water partition coefficient (Wildman–Crippen LogP) is 0.745. The van der Waals surface area contributed by atoms with Gasteiger partial charge < -0.3 is 11.5 Å². The van der Waals surface area contributed by atoms with Crippen LogP contribution in [0, 0.1) is 5.82 Å². The Hall–Kier alpha value is -2.28. The van der Waals surface area contributed by atoms with Crippen molar-refractivity contribution in [2.45, 2.75) is 0 Å². The fourth-order valence-corrected chi connectivity index (χ4v) is 1.55. The van der Waals surface area contributed by atoms with Gasteiger partial charge in [-0.15, -0.1) is 0 Å². The number of hydrogen-bond donors (Lipinski definition) is 2. The second-order valence-electron chi connectivity index (χ2n) is 3.57. The Labute approximate surface area is 107 Å².